The number of nitro groups is 1. The van der Waals surface area contributed by atoms with Gasteiger partial charge in [0.25, 0.3) is 0 Å². The van der Waals surface area contributed by atoms with E-state index in [0.29, 0.717) is 24.0 Å². The summed E-state index contributed by atoms with van der Waals surface area (Å²) in [6.45, 7) is 1.41. The molecule has 0 aromatic heterocycles. The van der Waals surface area contributed by atoms with Gasteiger partial charge in [-0.25, -0.2) is 0 Å². The molecule has 0 spiro atoms. The van der Waals surface area contributed by atoms with Crippen LogP contribution in [0.3, 0.4) is 0 Å². The number of benzene rings is 1. The van der Waals surface area contributed by atoms with Crippen molar-refractivity contribution < 1.29 is 19.6 Å². The van der Waals surface area contributed by atoms with Crippen molar-refractivity contribution >= 4 is 23.2 Å². The first-order valence-electron chi connectivity index (χ1n) is 6.84. The Morgan fingerprint density at radius 2 is 2.27 bits per heavy atom. The van der Waals surface area contributed by atoms with Crippen LogP contribution < -0.4 is 10.1 Å². The van der Waals surface area contributed by atoms with Crippen LogP contribution in [-0.2, 0) is 11.2 Å². The summed E-state index contributed by atoms with van der Waals surface area (Å²) in [4.78, 5) is 21.8. The van der Waals surface area contributed by atoms with E-state index < -0.39 is 11.0 Å². The number of halogens is 1. The van der Waals surface area contributed by atoms with Gasteiger partial charge in [-0.15, -0.1) is 0 Å². The number of ether oxygens (including phenoxy) is 1. The fraction of sp³-hybridized carbons (Fsp3) is 0.500. The van der Waals surface area contributed by atoms with Crippen molar-refractivity contribution in [2.75, 3.05) is 7.11 Å². The predicted octanol–water partition coefficient (Wildman–Crippen LogP) is 2.13. The molecule has 0 saturated carbocycles. The predicted molar refractivity (Wildman–Crippen MR) is 80.2 cm³/mol. The lowest BCUT2D eigenvalue weighted by molar-refractivity contribution is -0.385. The summed E-state index contributed by atoms with van der Waals surface area (Å²) >= 11 is 6.15. The molecule has 2 rings (SSSR count). The van der Waals surface area contributed by atoms with Gasteiger partial charge in [-0.2, -0.15) is 0 Å². The molecule has 0 unspecified atom stereocenters. The summed E-state index contributed by atoms with van der Waals surface area (Å²) in [7, 11) is 1.32. The van der Waals surface area contributed by atoms with Crippen LogP contribution in [0.4, 0.5) is 5.69 Å². The number of nitrogens with zero attached hydrogens (tertiary/aromatic N) is 1. The van der Waals surface area contributed by atoms with Crippen molar-refractivity contribution in [2.24, 2.45) is 0 Å². The molecule has 0 heterocycles. The molecule has 22 heavy (non-hydrogen) atoms. The van der Waals surface area contributed by atoms with Gasteiger partial charge in [0.05, 0.1) is 23.2 Å². The third-order valence-corrected chi connectivity index (χ3v) is 4.08. The third-order valence-electron chi connectivity index (χ3n) is 3.75. The van der Waals surface area contributed by atoms with Crippen LogP contribution in [0.1, 0.15) is 37.0 Å². The highest BCUT2D eigenvalue weighted by atomic mass is 35.5. The molecule has 1 aliphatic carbocycles. The van der Waals surface area contributed by atoms with Gasteiger partial charge in [0.1, 0.15) is 0 Å². The Bertz CT molecular complexity index is 620. The number of rotatable bonds is 3. The van der Waals surface area contributed by atoms with Crippen molar-refractivity contribution in [1.82, 2.24) is 5.32 Å². The highest BCUT2D eigenvalue weighted by Crippen LogP contribution is 2.44. The number of carbonyl (C=O) groups is 1. The number of hydrogen-bond acceptors (Lipinski definition) is 5. The van der Waals surface area contributed by atoms with Crippen LogP contribution in [0.5, 0.6) is 5.75 Å². The minimum Gasteiger partial charge on any atom is -0.490 e. The summed E-state index contributed by atoms with van der Waals surface area (Å²) in [5.41, 5.74) is 0.697. The summed E-state index contributed by atoms with van der Waals surface area (Å²) in [5.74, 6) is -0.160. The number of aliphatic hydroxyl groups is 1. The summed E-state index contributed by atoms with van der Waals surface area (Å²) < 4.78 is 5.15. The van der Waals surface area contributed by atoms with E-state index in [4.69, 9.17) is 16.3 Å². The van der Waals surface area contributed by atoms with Crippen LogP contribution in [0.2, 0.25) is 5.02 Å². The smallest absolute Gasteiger partial charge is 0.312 e. The quantitative estimate of drug-likeness (QED) is 0.503. The van der Waals surface area contributed by atoms with Crippen molar-refractivity contribution in [2.45, 2.75) is 38.3 Å². The van der Waals surface area contributed by atoms with Crippen LogP contribution >= 0.6 is 11.6 Å². The van der Waals surface area contributed by atoms with Crippen LogP contribution in [0, 0.1) is 10.1 Å². The largest absolute Gasteiger partial charge is 0.490 e. The average Bonchev–Trinajstić information content (AvgIpc) is 2.58. The number of methoxy groups -OCH3 is 1. The SMILES string of the molecule is COc1c([N+](=O)[O-])cc(Cl)c2c1[C@@H](O)C[C@H](NC(C)=O)CC2. The number of nitrogens with one attached hydrogen (secondary N) is 1. The molecule has 1 aromatic rings. The number of nitro benzene ring substituents is 1. The molecule has 7 nitrogen and oxygen atoms in total. The molecule has 1 aliphatic rings. The molecule has 8 heteroatoms. The van der Waals surface area contributed by atoms with Gasteiger partial charge >= 0.3 is 5.69 Å². The second kappa shape index (κ2) is 6.50. The fourth-order valence-corrected chi connectivity index (χ4v) is 3.17. The second-order valence-electron chi connectivity index (χ2n) is 5.25. The van der Waals surface area contributed by atoms with Crippen molar-refractivity contribution in [3.05, 3.63) is 32.3 Å². The maximum absolute atomic E-state index is 11.2. The Labute approximate surface area is 132 Å². The maximum atomic E-state index is 11.2. The molecule has 2 N–H and O–H groups in total. The molecular formula is C14H17ClN2O5. The van der Waals surface area contributed by atoms with E-state index in [0.717, 1.165) is 0 Å². The zero-order valence-electron chi connectivity index (χ0n) is 12.3. The van der Waals surface area contributed by atoms with Crippen LogP contribution in [0.25, 0.3) is 0 Å². The van der Waals surface area contributed by atoms with Crippen molar-refractivity contribution in [1.29, 1.82) is 0 Å². The van der Waals surface area contributed by atoms with Crippen molar-refractivity contribution in [3.8, 4) is 5.75 Å². The minimum atomic E-state index is -0.998. The van der Waals surface area contributed by atoms with Gasteiger partial charge in [-0.1, -0.05) is 11.6 Å². The normalized spacial score (nSPS) is 20.7. The number of amides is 1. The molecule has 2 atom stereocenters. The van der Waals surface area contributed by atoms with E-state index in [9.17, 15) is 20.0 Å². The molecule has 120 valence electrons. The highest BCUT2D eigenvalue weighted by molar-refractivity contribution is 6.31. The molecule has 1 amide bonds. The molecule has 1 aromatic carbocycles. The van der Waals surface area contributed by atoms with Gasteiger partial charge in [0.15, 0.2) is 0 Å². The summed E-state index contributed by atoms with van der Waals surface area (Å²) in [6.07, 6.45) is 0.330. The highest BCUT2D eigenvalue weighted by Gasteiger charge is 2.32. The van der Waals surface area contributed by atoms with E-state index in [1.54, 1.807) is 0 Å². The lowest BCUT2D eigenvalue weighted by atomic mass is 9.98. The third kappa shape index (κ3) is 3.15. The van der Waals surface area contributed by atoms with Crippen molar-refractivity contribution in [3.63, 3.8) is 0 Å². The molecule has 0 saturated heterocycles. The Morgan fingerprint density at radius 1 is 1.59 bits per heavy atom. The topological polar surface area (TPSA) is 102 Å². The van der Waals surface area contributed by atoms with Crippen LogP contribution in [-0.4, -0.2) is 29.1 Å². The Hall–Kier alpha value is -1.86. The zero-order valence-corrected chi connectivity index (χ0v) is 13.0. The van der Waals surface area contributed by atoms with Gasteiger partial charge in [0.2, 0.25) is 11.7 Å². The Kier molecular flexibility index (Phi) is 4.87. The Morgan fingerprint density at radius 3 is 2.82 bits per heavy atom. The number of fused-ring (bicyclic) bond motifs is 1. The monoisotopic (exact) mass is 328 g/mol. The summed E-state index contributed by atoms with van der Waals surface area (Å²) in [6, 6.07) is 1.02. The lowest BCUT2D eigenvalue weighted by Crippen LogP contribution is -2.33. The molecule has 0 radical (unpaired) electrons. The molecule has 0 fully saturated rings. The first kappa shape index (κ1) is 16.5. The van der Waals surface area contributed by atoms with E-state index in [1.165, 1.54) is 20.1 Å². The van der Waals surface area contributed by atoms with E-state index in [1.807, 2.05) is 0 Å². The Balaban J connectivity index is 2.51. The van der Waals surface area contributed by atoms with E-state index in [-0.39, 0.29) is 34.8 Å². The minimum absolute atomic E-state index is 0.0281. The second-order valence-corrected chi connectivity index (χ2v) is 5.65. The molecular weight excluding hydrogens is 312 g/mol. The first-order valence-corrected chi connectivity index (χ1v) is 7.21. The van der Waals surface area contributed by atoms with Gasteiger partial charge < -0.3 is 15.2 Å². The van der Waals surface area contributed by atoms with Gasteiger partial charge in [0, 0.05) is 24.6 Å². The first-order chi connectivity index (χ1) is 10.3. The van der Waals surface area contributed by atoms with Crippen LogP contribution in [0.15, 0.2) is 6.07 Å². The standard InChI is InChI=1S/C14H17ClN2O5/c1-7(18)16-8-3-4-9-10(15)6-11(17(20)21)14(22-2)13(9)12(19)5-8/h6,8,12,19H,3-5H2,1-2H3,(H,16,18)/t8-,12+/m1/s1. The molecule has 0 aliphatic heterocycles. The zero-order chi connectivity index (χ0) is 16.4. The fourth-order valence-electron chi connectivity index (χ4n) is 2.88. The number of carbonyl (C=O) groups excluding carboxylic acids is 1. The maximum Gasteiger partial charge on any atom is 0.312 e. The van der Waals surface area contributed by atoms with Gasteiger partial charge in [-0.3, -0.25) is 14.9 Å². The number of aliphatic hydroxyl groups excluding tert-OH is 1. The number of hydrogen-bond donors (Lipinski definition) is 2. The average molecular weight is 329 g/mol. The summed E-state index contributed by atoms with van der Waals surface area (Å²) in [5, 5.41) is 24.6. The van der Waals surface area contributed by atoms with Gasteiger partial charge in [-0.05, 0) is 24.8 Å². The lowest BCUT2D eigenvalue weighted by Gasteiger charge is -2.19. The molecule has 0 bridgehead atoms. The van der Waals surface area contributed by atoms with E-state index in [2.05, 4.69) is 5.32 Å². The van der Waals surface area contributed by atoms with E-state index >= 15 is 0 Å².